The Balaban J connectivity index is 1.89. The van der Waals surface area contributed by atoms with Crippen LogP contribution < -0.4 is 0 Å². The maximum absolute atomic E-state index is 12.9. The van der Waals surface area contributed by atoms with Gasteiger partial charge >= 0.3 is 11.9 Å². The maximum Gasteiger partial charge on any atom is 0.334 e. The van der Waals surface area contributed by atoms with E-state index in [0.717, 1.165) is 36.8 Å². The minimum absolute atomic E-state index is 0.111. The highest BCUT2D eigenvalue weighted by atomic mass is 16.6. The predicted octanol–water partition coefficient (Wildman–Crippen LogP) is 4.79. The van der Waals surface area contributed by atoms with Gasteiger partial charge in [0.05, 0.1) is 11.8 Å². The van der Waals surface area contributed by atoms with E-state index >= 15 is 0 Å². The van der Waals surface area contributed by atoms with E-state index in [2.05, 4.69) is 20.1 Å². The number of hydrogen-bond acceptors (Lipinski definition) is 5. The Morgan fingerprint density at radius 1 is 1.24 bits per heavy atom. The minimum Gasteiger partial charge on any atom is -0.490 e. The second kappa shape index (κ2) is 9.02. The van der Waals surface area contributed by atoms with Gasteiger partial charge in [0.15, 0.2) is 0 Å². The molecule has 0 N–H and O–H groups in total. The van der Waals surface area contributed by atoms with Crippen LogP contribution in [0.5, 0.6) is 0 Å². The predicted molar refractivity (Wildman–Crippen MR) is 111 cm³/mol. The lowest BCUT2D eigenvalue weighted by Gasteiger charge is -2.28. The molecule has 0 saturated carbocycles. The Kier molecular flexibility index (Phi) is 6.66. The molecule has 2 aliphatic heterocycles. The smallest absolute Gasteiger partial charge is 0.334 e. The van der Waals surface area contributed by atoms with Crippen molar-refractivity contribution in [2.75, 3.05) is 0 Å². The van der Waals surface area contributed by atoms with Gasteiger partial charge in [-0.3, -0.25) is 4.79 Å². The minimum atomic E-state index is -0.497. The van der Waals surface area contributed by atoms with Crippen molar-refractivity contribution in [2.45, 2.75) is 77.6 Å². The van der Waals surface area contributed by atoms with Crippen molar-refractivity contribution in [3.05, 3.63) is 47.8 Å². The normalized spacial score (nSPS) is 31.8. The molecule has 2 bridgehead atoms. The number of hydrogen-bond donors (Lipinski definition) is 0. The van der Waals surface area contributed by atoms with Gasteiger partial charge in [0, 0.05) is 18.4 Å². The van der Waals surface area contributed by atoms with Crippen LogP contribution in [-0.2, 0) is 23.8 Å². The Morgan fingerprint density at radius 2 is 2.00 bits per heavy atom. The van der Waals surface area contributed by atoms with Gasteiger partial charge in [-0.2, -0.15) is 0 Å². The van der Waals surface area contributed by atoms with Gasteiger partial charge in [-0.15, -0.1) is 0 Å². The third kappa shape index (κ3) is 4.65. The first kappa shape index (κ1) is 21.4. The molecule has 1 fully saturated rings. The van der Waals surface area contributed by atoms with Gasteiger partial charge in [-0.05, 0) is 37.5 Å². The summed E-state index contributed by atoms with van der Waals surface area (Å²) >= 11 is 0. The zero-order valence-electron chi connectivity index (χ0n) is 17.7. The van der Waals surface area contributed by atoms with E-state index in [1.807, 2.05) is 26.0 Å². The second-order valence-corrected chi connectivity index (χ2v) is 8.34. The molecule has 0 amide bonds. The molecule has 5 nitrogen and oxygen atoms in total. The summed E-state index contributed by atoms with van der Waals surface area (Å²) in [6, 6.07) is 0. The van der Waals surface area contributed by atoms with Crippen LogP contribution in [0, 0.1) is 11.8 Å². The quantitative estimate of drug-likeness (QED) is 0.474. The molecule has 5 heteroatoms. The maximum atomic E-state index is 12.9. The molecule has 2 unspecified atom stereocenters. The SMILES string of the molecule is C=C1OC2CC3=C[C@@H](C/C(C)=C/[C@@H](OC(=O)C(CC)CCCC)[C@@H]2C1=C)OC3=O. The lowest BCUT2D eigenvalue weighted by Crippen LogP contribution is -2.34. The number of allylic oxidation sites excluding steroid dienone is 1. The summed E-state index contributed by atoms with van der Waals surface area (Å²) in [6.45, 7) is 14.2. The van der Waals surface area contributed by atoms with Crippen LogP contribution in [0.15, 0.2) is 47.8 Å². The van der Waals surface area contributed by atoms with Crippen molar-refractivity contribution in [2.24, 2.45) is 11.8 Å². The highest BCUT2D eigenvalue weighted by Crippen LogP contribution is 2.42. The monoisotopic (exact) mass is 400 g/mol. The van der Waals surface area contributed by atoms with Crippen molar-refractivity contribution in [1.29, 1.82) is 0 Å². The van der Waals surface area contributed by atoms with E-state index in [-0.39, 0.29) is 36.0 Å². The number of carbonyl (C=O) groups excluding carboxylic acids is 2. The van der Waals surface area contributed by atoms with E-state index in [9.17, 15) is 9.59 Å². The van der Waals surface area contributed by atoms with Crippen LogP contribution >= 0.6 is 0 Å². The number of fused-ring (bicyclic) bond motifs is 2. The third-order valence-corrected chi connectivity index (χ3v) is 6.09. The topological polar surface area (TPSA) is 61.8 Å². The van der Waals surface area contributed by atoms with E-state index in [1.165, 1.54) is 0 Å². The number of carbonyl (C=O) groups is 2. The van der Waals surface area contributed by atoms with Crippen molar-refractivity contribution in [3.8, 4) is 0 Å². The molecule has 29 heavy (non-hydrogen) atoms. The average molecular weight is 401 g/mol. The number of unbranched alkanes of at least 4 members (excludes halogenated alkanes) is 1. The van der Waals surface area contributed by atoms with Crippen LogP contribution in [0.1, 0.15) is 59.3 Å². The fourth-order valence-corrected chi connectivity index (χ4v) is 4.38. The fourth-order valence-electron chi connectivity index (χ4n) is 4.38. The largest absolute Gasteiger partial charge is 0.490 e. The molecular weight excluding hydrogens is 368 g/mol. The average Bonchev–Trinajstić information content (AvgIpc) is 3.13. The van der Waals surface area contributed by atoms with Gasteiger partial charge in [-0.1, -0.05) is 45.4 Å². The molecule has 0 aromatic carbocycles. The Bertz CT molecular complexity index is 759. The van der Waals surface area contributed by atoms with Gasteiger partial charge in [0.25, 0.3) is 0 Å². The number of ether oxygens (including phenoxy) is 3. The third-order valence-electron chi connectivity index (χ3n) is 6.09. The lowest BCUT2D eigenvalue weighted by molar-refractivity contribution is -0.155. The molecule has 1 aliphatic carbocycles. The van der Waals surface area contributed by atoms with Gasteiger partial charge < -0.3 is 14.2 Å². The first-order valence-electron chi connectivity index (χ1n) is 10.7. The van der Waals surface area contributed by atoms with Crippen LogP contribution in [0.2, 0.25) is 0 Å². The number of esters is 2. The van der Waals surface area contributed by atoms with E-state index in [0.29, 0.717) is 24.2 Å². The van der Waals surface area contributed by atoms with Crippen LogP contribution in [0.25, 0.3) is 0 Å². The lowest BCUT2D eigenvalue weighted by atomic mass is 9.85. The van der Waals surface area contributed by atoms with Gasteiger partial charge in [0.1, 0.15) is 24.1 Å². The molecule has 0 radical (unpaired) electrons. The number of rotatable bonds is 6. The summed E-state index contributed by atoms with van der Waals surface area (Å²) in [5.74, 6) is -0.358. The van der Waals surface area contributed by atoms with Crippen molar-refractivity contribution < 1.29 is 23.8 Å². The summed E-state index contributed by atoms with van der Waals surface area (Å²) in [5, 5.41) is 0. The van der Waals surface area contributed by atoms with Crippen LogP contribution in [0.4, 0.5) is 0 Å². The summed E-state index contributed by atoms with van der Waals surface area (Å²) in [6.07, 6.45) is 7.34. The summed E-state index contributed by atoms with van der Waals surface area (Å²) in [7, 11) is 0. The van der Waals surface area contributed by atoms with Gasteiger partial charge in [-0.25, -0.2) is 4.79 Å². The van der Waals surface area contributed by atoms with E-state index in [4.69, 9.17) is 14.2 Å². The summed E-state index contributed by atoms with van der Waals surface area (Å²) in [5.41, 5.74) is 2.34. The Labute approximate surface area is 173 Å². The van der Waals surface area contributed by atoms with Crippen LogP contribution in [-0.4, -0.2) is 30.3 Å². The van der Waals surface area contributed by atoms with Crippen molar-refractivity contribution in [3.63, 3.8) is 0 Å². The van der Waals surface area contributed by atoms with Crippen molar-refractivity contribution >= 4 is 11.9 Å². The van der Waals surface area contributed by atoms with E-state index < -0.39 is 6.10 Å². The van der Waals surface area contributed by atoms with Gasteiger partial charge in [0.2, 0.25) is 0 Å². The summed E-state index contributed by atoms with van der Waals surface area (Å²) < 4.78 is 17.5. The molecule has 0 aromatic heterocycles. The fraction of sp³-hybridized carbons (Fsp3) is 0.583. The molecule has 2 heterocycles. The zero-order valence-corrected chi connectivity index (χ0v) is 17.7. The highest BCUT2D eigenvalue weighted by Gasteiger charge is 2.44. The Hall–Kier alpha value is -2.30. The Morgan fingerprint density at radius 3 is 2.69 bits per heavy atom. The van der Waals surface area contributed by atoms with E-state index in [1.54, 1.807) is 0 Å². The molecule has 5 atom stereocenters. The summed E-state index contributed by atoms with van der Waals surface area (Å²) in [4.78, 5) is 25.2. The zero-order chi connectivity index (χ0) is 21.1. The second-order valence-electron chi connectivity index (χ2n) is 8.34. The molecule has 158 valence electrons. The highest BCUT2D eigenvalue weighted by molar-refractivity contribution is 5.91. The first-order chi connectivity index (χ1) is 13.8. The molecule has 3 rings (SSSR count). The molecule has 1 saturated heterocycles. The first-order valence-corrected chi connectivity index (χ1v) is 10.7. The van der Waals surface area contributed by atoms with Crippen molar-refractivity contribution in [1.82, 2.24) is 0 Å². The molecule has 0 spiro atoms. The van der Waals surface area contributed by atoms with Crippen LogP contribution in [0.3, 0.4) is 0 Å². The molecular formula is C24H32O5. The molecule has 3 aliphatic rings. The standard InChI is InChI=1S/C24H32O5/c1-6-8-9-17(7-2)23(25)29-20-11-14(3)10-19-12-18(24(26)28-19)13-21-22(20)15(4)16(5)27-21/h11-12,17,19-22H,4-10,13H2,1-3H3/b14-11+/t17?,19-,20-,21?,22+/m1/s1. The molecule has 0 aromatic rings.